The minimum Gasteiger partial charge on any atom is -0.496 e. The molecule has 0 aliphatic rings. The van der Waals surface area contributed by atoms with Gasteiger partial charge in [0.2, 0.25) is 0 Å². The van der Waals surface area contributed by atoms with E-state index in [1.54, 1.807) is 7.11 Å². The fourth-order valence-electron chi connectivity index (χ4n) is 2.96. The average Bonchev–Trinajstić information content (AvgIpc) is 2.76. The number of benzene rings is 2. The molecule has 2 aromatic rings. The van der Waals surface area contributed by atoms with E-state index in [-0.39, 0.29) is 0 Å². The van der Waals surface area contributed by atoms with Crippen molar-refractivity contribution in [2.24, 2.45) is 4.99 Å². The predicted molar refractivity (Wildman–Crippen MR) is 122 cm³/mol. The highest BCUT2D eigenvalue weighted by Crippen LogP contribution is 2.19. The molecule has 2 N–H and O–H groups in total. The zero-order valence-electron chi connectivity index (χ0n) is 18.7. The van der Waals surface area contributed by atoms with Gasteiger partial charge in [-0.25, -0.2) is 4.99 Å². The minimum absolute atomic E-state index is 0.580. The Morgan fingerprint density at radius 3 is 2.53 bits per heavy atom. The van der Waals surface area contributed by atoms with Crippen LogP contribution in [0.2, 0.25) is 0 Å². The topological polar surface area (TPSA) is 64.1 Å². The van der Waals surface area contributed by atoms with Crippen molar-refractivity contribution in [3.05, 3.63) is 64.7 Å². The maximum atomic E-state index is 5.66. The summed E-state index contributed by atoms with van der Waals surface area (Å²) in [5.74, 6) is 1.66. The molecule has 2 rings (SSSR count). The first-order chi connectivity index (χ1) is 14.7. The number of hydrogen-bond donors (Lipinski definition) is 2. The molecule has 0 heterocycles. The van der Waals surface area contributed by atoms with Crippen LogP contribution < -0.4 is 15.4 Å². The molecule has 164 valence electrons. The molecule has 0 aliphatic carbocycles. The van der Waals surface area contributed by atoms with Crippen LogP contribution in [0.25, 0.3) is 0 Å². The van der Waals surface area contributed by atoms with Gasteiger partial charge >= 0.3 is 0 Å². The van der Waals surface area contributed by atoms with Gasteiger partial charge in [0.25, 0.3) is 0 Å². The second-order valence-corrected chi connectivity index (χ2v) is 6.93. The molecular formula is C24H35N3O3. The predicted octanol–water partition coefficient (Wildman–Crippen LogP) is 3.81. The number of hydrogen-bond acceptors (Lipinski definition) is 4. The van der Waals surface area contributed by atoms with E-state index in [9.17, 15) is 0 Å². The molecule has 0 unspecified atom stereocenters. The molecular weight excluding hydrogens is 378 g/mol. The van der Waals surface area contributed by atoms with Crippen LogP contribution in [0, 0.1) is 6.92 Å². The van der Waals surface area contributed by atoms with Gasteiger partial charge in [-0.1, -0.05) is 36.4 Å². The average molecular weight is 414 g/mol. The van der Waals surface area contributed by atoms with Gasteiger partial charge in [0, 0.05) is 25.3 Å². The number of nitrogens with one attached hydrogen (secondary N) is 2. The van der Waals surface area contributed by atoms with E-state index < -0.39 is 0 Å². The lowest BCUT2D eigenvalue weighted by atomic mass is 10.1. The monoisotopic (exact) mass is 413 g/mol. The maximum absolute atomic E-state index is 5.66. The molecule has 0 radical (unpaired) electrons. The summed E-state index contributed by atoms with van der Waals surface area (Å²) in [5, 5.41) is 6.69. The van der Waals surface area contributed by atoms with Crippen LogP contribution in [0.5, 0.6) is 5.75 Å². The van der Waals surface area contributed by atoms with Crippen molar-refractivity contribution in [3.63, 3.8) is 0 Å². The number of aryl methyl sites for hydroxylation is 1. The molecule has 6 heteroatoms. The lowest BCUT2D eigenvalue weighted by molar-refractivity contribution is 0.0453. The first-order valence-corrected chi connectivity index (χ1v) is 10.5. The van der Waals surface area contributed by atoms with Crippen LogP contribution in [0.1, 0.15) is 36.1 Å². The third-order valence-electron chi connectivity index (χ3n) is 4.49. The third-order valence-corrected chi connectivity index (χ3v) is 4.49. The van der Waals surface area contributed by atoms with Crippen molar-refractivity contribution in [1.29, 1.82) is 0 Å². The first-order valence-electron chi connectivity index (χ1n) is 10.5. The molecule has 0 aliphatic heterocycles. The maximum Gasteiger partial charge on any atom is 0.191 e. The van der Waals surface area contributed by atoms with Crippen LogP contribution in [-0.2, 0) is 29.2 Å². The zero-order valence-corrected chi connectivity index (χ0v) is 18.7. The van der Waals surface area contributed by atoms with E-state index in [2.05, 4.69) is 54.8 Å². The van der Waals surface area contributed by atoms with Gasteiger partial charge in [-0.05, 0) is 43.5 Å². The van der Waals surface area contributed by atoms with Gasteiger partial charge in [0.05, 0.1) is 33.5 Å². The van der Waals surface area contributed by atoms with Crippen LogP contribution in [-0.4, -0.2) is 39.4 Å². The highest BCUT2D eigenvalue weighted by Gasteiger charge is 2.05. The SMILES string of the molecule is CCNC(=NCc1cccc(COCCOCC)c1)NCc1ccc(C)cc1OC. The first kappa shape index (κ1) is 23.7. The molecule has 0 spiro atoms. The summed E-state index contributed by atoms with van der Waals surface area (Å²) in [7, 11) is 1.70. The fourth-order valence-corrected chi connectivity index (χ4v) is 2.96. The Hall–Kier alpha value is -2.57. The Bertz CT molecular complexity index is 793. The van der Waals surface area contributed by atoms with Gasteiger partial charge in [-0.3, -0.25) is 0 Å². The van der Waals surface area contributed by atoms with Crippen molar-refractivity contribution >= 4 is 5.96 Å². The highest BCUT2D eigenvalue weighted by atomic mass is 16.5. The van der Waals surface area contributed by atoms with E-state index >= 15 is 0 Å². The number of methoxy groups -OCH3 is 1. The van der Waals surface area contributed by atoms with Gasteiger partial charge in [-0.2, -0.15) is 0 Å². The molecule has 0 atom stereocenters. The summed E-state index contributed by atoms with van der Waals surface area (Å²) in [6, 6.07) is 14.6. The summed E-state index contributed by atoms with van der Waals surface area (Å²) in [6.07, 6.45) is 0. The number of aliphatic imine (C=N–C) groups is 1. The highest BCUT2D eigenvalue weighted by molar-refractivity contribution is 5.79. The van der Waals surface area contributed by atoms with Crippen molar-refractivity contribution in [1.82, 2.24) is 10.6 Å². The van der Waals surface area contributed by atoms with Crippen molar-refractivity contribution in [3.8, 4) is 5.75 Å². The second kappa shape index (κ2) is 13.6. The fraction of sp³-hybridized carbons (Fsp3) is 0.458. The van der Waals surface area contributed by atoms with Crippen LogP contribution in [0.4, 0.5) is 0 Å². The Kier molecular flexibility index (Phi) is 10.8. The number of nitrogens with zero attached hydrogens (tertiary/aromatic N) is 1. The largest absolute Gasteiger partial charge is 0.496 e. The Balaban J connectivity index is 1.93. The van der Waals surface area contributed by atoms with Gasteiger partial charge in [0.15, 0.2) is 5.96 Å². The lowest BCUT2D eigenvalue weighted by Gasteiger charge is -2.14. The Labute approximate surface area is 180 Å². The van der Waals surface area contributed by atoms with E-state index in [1.807, 2.05) is 19.1 Å². The van der Waals surface area contributed by atoms with Gasteiger partial charge < -0.3 is 24.8 Å². The number of rotatable bonds is 12. The minimum atomic E-state index is 0.580. The van der Waals surface area contributed by atoms with Crippen molar-refractivity contribution in [2.75, 3.05) is 33.5 Å². The molecule has 0 aromatic heterocycles. The quantitative estimate of drug-likeness (QED) is 0.315. The summed E-state index contributed by atoms with van der Waals surface area (Å²) >= 11 is 0. The Morgan fingerprint density at radius 1 is 0.967 bits per heavy atom. The molecule has 6 nitrogen and oxygen atoms in total. The summed E-state index contributed by atoms with van der Waals surface area (Å²) in [4.78, 5) is 4.73. The smallest absolute Gasteiger partial charge is 0.191 e. The molecule has 0 fully saturated rings. The standard InChI is InChI=1S/C24H35N3O3/c1-5-25-24(27-17-22-11-10-19(3)14-23(22)28-4)26-16-20-8-7-9-21(15-20)18-30-13-12-29-6-2/h7-11,14-15H,5-6,12-13,16-18H2,1-4H3,(H2,25,26,27). The normalized spacial score (nSPS) is 11.4. The van der Waals surface area contributed by atoms with Crippen molar-refractivity contribution < 1.29 is 14.2 Å². The van der Waals surface area contributed by atoms with Gasteiger partial charge in [-0.15, -0.1) is 0 Å². The lowest BCUT2D eigenvalue weighted by Crippen LogP contribution is -2.36. The van der Waals surface area contributed by atoms with E-state index in [0.717, 1.165) is 41.6 Å². The molecule has 0 amide bonds. The third kappa shape index (κ3) is 8.43. The number of guanidine groups is 1. The molecule has 0 bridgehead atoms. The molecule has 0 saturated heterocycles. The number of ether oxygens (including phenoxy) is 3. The van der Waals surface area contributed by atoms with Crippen LogP contribution in [0.3, 0.4) is 0 Å². The molecule has 30 heavy (non-hydrogen) atoms. The summed E-state index contributed by atoms with van der Waals surface area (Å²) in [6.45, 7) is 10.7. The van der Waals surface area contributed by atoms with E-state index in [1.165, 1.54) is 5.56 Å². The van der Waals surface area contributed by atoms with Crippen molar-refractivity contribution in [2.45, 2.75) is 40.5 Å². The van der Waals surface area contributed by atoms with Crippen LogP contribution >= 0.6 is 0 Å². The van der Waals surface area contributed by atoms with E-state index in [4.69, 9.17) is 19.2 Å². The summed E-state index contributed by atoms with van der Waals surface area (Å²) in [5.41, 5.74) is 4.56. The Morgan fingerprint density at radius 2 is 1.77 bits per heavy atom. The van der Waals surface area contributed by atoms with E-state index in [0.29, 0.717) is 32.9 Å². The zero-order chi connectivity index (χ0) is 21.6. The van der Waals surface area contributed by atoms with Crippen LogP contribution in [0.15, 0.2) is 47.5 Å². The van der Waals surface area contributed by atoms with Gasteiger partial charge in [0.1, 0.15) is 5.75 Å². The molecule has 2 aromatic carbocycles. The molecule has 0 saturated carbocycles. The summed E-state index contributed by atoms with van der Waals surface area (Å²) < 4.78 is 16.4. The second-order valence-electron chi connectivity index (χ2n) is 6.93.